The van der Waals surface area contributed by atoms with Crippen molar-refractivity contribution in [1.29, 1.82) is 0 Å². The second kappa shape index (κ2) is 6.56. The van der Waals surface area contributed by atoms with Crippen LogP contribution in [0.25, 0.3) is 0 Å². The first-order valence-electron chi connectivity index (χ1n) is 6.89. The van der Waals surface area contributed by atoms with Crippen molar-refractivity contribution in [2.24, 2.45) is 0 Å². The zero-order chi connectivity index (χ0) is 14.6. The molecule has 2 rings (SSSR count). The summed E-state index contributed by atoms with van der Waals surface area (Å²) in [4.78, 5) is 0.241. The molecule has 1 aromatic rings. The normalized spacial score (nSPS) is 20.8. The summed E-state index contributed by atoms with van der Waals surface area (Å²) in [6, 6.07) is 6.20. The van der Waals surface area contributed by atoms with Crippen LogP contribution in [-0.4, -0.2) is 33.8 Å². The molecular formula is C14H21NO4S. The molecule has 0 saturated carbocycles. The molecule has 1 aliphatic rings. The largest absolute Gasteiger partial charge is 0.494 e. The van der Waals surface area contributed by atoms with E-state index in [0.29, 0.717) is 19.0 Å². The van der Waals surface area contributed by atoms with E-state index in [9.17, 15) is 8.42 Å². The van der Waals surface area contributed by atoms with Crippen molar-refractivity contribution in [3.05, 3.63) is 24.3 Å². The maximum atomic E-state index is 12.3. The summed E-state index contributed by atoms with van der Waals surface area (Å²) in [5.74, 6) is 0.665. The van der Waals surface area contributed by atoms with Gasteiger partial charge in [-0.3, -0.25) is 0 Å². The van der Waals surface area contributed by atoms with E-state index in [1.54, 1.807) is 24.3 Å². The Balaban J connectivity index is 2.05. The first-order valence-corrected chi connectivity index (χ1v) is 8.38. The van der Waals surface area contributed by atoms with Gasteiger partial charge in [-0.05, 0) is 51.0 Å². The Morgan fingerprint density at radius 2 is 2.10 bits per heavy atom. The van der Waals surface area contributed by atoms with Gasteiger partial charge in [0.05, 0.1) is 17.6 Å². The fourth-order valence-electron chi connectivity index (χ4n) is 2.27. The Morgan fingerprint density at radius 1 is 1.40 bits per heavy atom. The summed E-state index contributed by atoms with van der Waals surface area (Å²) in [5.41, 5.74) is 0. The molecule has 2 atom stereocenters. The number of rotatable bonds is 6. The van der Waals surface area contributed by atoms with Crippen molar-refractivity contribution in [1.82, 2.24) is 4.72 Å². The maximum Gasteiger partial charge on any atom is 0.240 e. The molecule has 0 spiro atoms. The second-order valence-electron chi connectivity index (χ2n) is 4.87. The fourth-order valence-corrected chi connectivity index (χ4v) is 3.54. The topological polar surface area (TPSA) is 64.6 Å². The lowest BCUT2D eigenvalue weighted by Crippen LogP contribution is -2.40. The maximum absolute atomic E-state index is 12.3. The quantitative estimate of drug-likeness (QED) is 0.872. The zero-order valence-corrected chi connectivity index (χ0v) is 12.7. The molecule has 1 fully saturated rings. The van der Waals surface area contributed by atoms with Gasteiger partial charge in [-0.25, -0.2) is 13.1 Å². The molecule has 1 aliphatic heterocycles. The molecule has 0 amide bonds. The molecule has 1 saturated heterocycles. The predicted molar refractivity (Wildman–Crippen MR) is 76.4 cm³/mol. The Kier molecular flexibility index (Phi) is 5.01. The SMILES string of the molecule is CCOc1ccc(S(=O)(=O)N[C@@H](C)[C@@H]2CCCO2)cc1. The Bertz CT molecular complexity index is 521. The summed E-state index contributed by atoms with van der Waals surface area (Å²) >= 11 is 0. The third-order valence-electron chi connectivity index (χ3n) is 3.31. The molecule has 0 unspecified atom stereocenters. The molecule has 0 aliphatic carbocycles. The van der Waals surface area contributed by atoms with Crippen molar-refractivity contribution in [3.63, 3.8) is 0 Å². The van der Waals surface area contributed by atoms with Crippen molar-refractivity contribution < 1.29 is 17.9 Å². The van der Waals surface area contributed by atoms with Crippen LogP contribution in [0.15, 0.2) is 29.2 Å². The summed E-state index contributed by atoms with van der Waals surface area (Å²) < 4.78 is 38.0. The molecule has 1 N–H and O–H groups in total. The molecule has 112 valence electrons. The molecule has 0 bridgehead atoms. The van der Waals surface area contributed by atoms with Gasteiger partial charge in [0.25, 0.3) is 0 Å². The minimum Gasteiger partial charge on any atom is -0.494 e. The number of benzene rings is 1. The zero-order valence-electron chi connectivity index (χ0n) is 11.8. The molecule has 6 heteroatoms. The van der Waals surface area contributed by atoms with Gasteiger partial charge in [-0.1, -0.05) is 0 Å². The standard InChI is InChI=1S/C14H21NO4S/c1-3-18-12-6-8-13(9-7-12)20(16,17)15-11(2)14-5-4-10-19-14/h6-9,11,14-15H,3-5,10H2,1-2H3/t11-,14-/m0/s1. The Morgan fingerprint density at radius 3 is 2.65 bits per heavy atom. The van der Waals surface area contributed by atoms with E-state index in [4.69, 9.17) is 9.47 Å². The molecule has 1 heterocycles. The second-order valence-corrected chi connectivity index (χ2v) is 6.58. The third kappa shape index (κ3) is 3.71. The third-order valence-corrected chi connectivity index (χ3v) is 4.88. The number of hydrogen-bond donors (Lipinski definition) is 1. The lowest BCUT2D eigenvalue weighted by molar-refractivity contribution is 0.0902. The Labute approximate surface area is 120 Å². The van der Waals surface area contributed by atoms with Gasteiger partial charge in [-0.15, -0.1) is 0 Å². The van der Waals surface area contributed by atoms with Gasteiger partial charge in [0.2, 0.25) is 10.0 Å². The highest BCUT2D eigenvalue weighted by molar-refractivity contribution is 7.89. The van der Waals surface area contributed by atoms with Gasteiger partial charge in [0.1, 0.15) is 5.75 Å². The monoisotopic (exact) mass is 299 g/mol. The highest BCUT2D eigenvalue weighted by atomic mass is 32.2. The molecular weight excluding hydrogens is 278 g/mol. The van der Waals surface area contributed by atoms with Crippen LogP contribution in [0.1, 0.15) is 26.7 Å². The molecule has 5 nitrogen and oxygen atoms in total. The van der Waals surface area contributed by atoms with Crippen LogP contribution in [0.4, 0.5) is 0 Å². The molecule has 1 aromatic carbocycles. The lowest BCUT2D eigenvalue weighted by Gasteiger charge is -2.20. The van der Waals surface area contributed by atoms with E-state index in [-0.39, 0.29) is 17.0 Å². The average molecular weight is 299 g/mol. The van der Waals surface area contributed by atoms with Crippen LogP contribution in [0.2, 0.25) is 0 Å². The van der Waals surface area contributed by atoms with Crippen molar-refractivity contribution >= 4 is 10.0 Å². The lowest BCUT2D eigenvalue weighted by atomic mass is 10.1. The predicted octanol–water partition coefficient (Wildman–Crippen LogP) is 1.93. The highest BCUT2D eigenvalue weighted by Crippen LogP contribution is 2.19. The van der Waals surface area contributed by atoms with Crippen LogP contribution in [0.5, 0.6) is 5.75 Å². The first kappa shape index (κ1) is 15.3. The molecule has 0 aromatic heterocycles. The van der Waals surface area contributed by atoms with E-state index < -0.39 is 10.0 Å². The smallest absolute Gasteiger partial charge is 0.240 e. The fraction of sp³-hybridized carbons (Fsp3) is 0.571. The summed E-state index contributed by atoms with van der Waals surface area (Å²) in [5, 5.41) is 0. The van der Waals surface area contributed by atoms with Crippen LogP contribution in [0, 0.1) is 0 Å². The van der Waals surface area contributed by atoms with Crippen molar-refractivity contribution in [2.75, 3.05) is 13.2 Å². The van der Waals surface area contributed by atoms with Crippen LogP contribution < -0.4 is 9.46 Å². The van der Waals surface area contributed by atoms with Gasteiger partial charge in [0, 0.05) is 12.6 Å². The van der Waals surface area contributed by atoms with Gasteiger partial charge in [0.15, 0.2) is 0 Å². The number of hydrogen-bond acceptors (Lipinski definition) is 4. The summed E-state index contributed by atoms with van der Waals surface area (Å²) in [7, 11) is -3.51. The van der Waals surface area contributed by atoms with E-state index >= 15 is 0 Å². The minimum absolute atomic E-state index is 0.0347. The highest BCUT2D eigenvalue weighted by Gasteiger charge is 2.26. The summed E-state index contributed by atoms with van der Waals surface area (Å²) in [6.45, 7) is 4.98. The van der Waals surface area contributed by atoms with E-state index in [1.807, 2.05) is 13.8 Å². The van der Waals surface area contributed by atoms with Crippen LogP contribution >= 0.6 is 0 Å². The van der Waals surface area contributed by atoms with Gasteiger partial charge < -0.3 is 9.47 Å². The van der Waals surface area contributed by atoms with Crippen molar-refractivity contribution in [2.45, 2.75) is 43.7 Å². The van der Waals surface area contributed by atoms with Gasteiger partial charge >= 0.3 is 0 Å². The van der Waals surface area contributed by atoms with E-state index in [0.717, 1.165) is 12.8 Å². The van der Waals surface area contributed by atoms with Crippen molar-refractivity contribution in [3.8, 4) is 5.75 Å². The first-order chi connectivity index (χ1) is 9.53. The number of ether oxygens (including phenoxy) is 2. The van der Waals surface area contributed by atoms with E-state index in [2.05, 4.69) is 4.72 Å². The molecule has 0 radical (unpaired) electrons. The molecule has 20 heavy (non-hydrogen) atoms. The van der Waals surface area contributed by atoms with Crippen LogP contribution in [-0.2, 0) is 14.8 Å². The number of sulfonamides is 1. The van der Waals surface area contributed by atoms with E-state index in [1.165, 1.54) is 0 Å². The average Bonchev–Trinajstić information content (AvgIpc) is 2.93. The van der Waals surface area contributed by atoms with Gasteiger partial charge in [-0.2, -0.15) is 0 Å². The Hall–Kier alpha value is -1.11. The summed E-state index contributed by atoms with van der Waals surface area (Å²) in [6.07, 6.45) is 1.85. The minimum atomic E-state index is -3.51. The number of nitrogens with one attached hydrogen (secondary N) is 1. The van der Waals surface area contributed by atoms with Crippen LogP contribution in [0.3, 0.4) is 0 Å².